The Balaban J connectivity index is 1.98. The van der Waals surface area contributed by atoms with E-state index in [-0.39, 0.29) is 0 Å². The van der Waals surface area contributed by atoms with Crippen molar-refractivity contribution in [3.05, 3.63) is 107 Å². The zero-order valence-corrected chi connectivity index (χ0v) is 17.4. The zero-order chi connectivity index (χ0) is 21.3. The summed E-state index contributed by atoms with van der Waals surface area (Å²) in [6, 6.07) is 24.2. The Labute approximate surface area is 178 Å². The van der Waals surface area contributed by atoms with Crippen LogP contribution in [0.1, 0.15) is 27.8 Å². The van der Waals surface area contributed by atoms with Gasteiger partial charge in [-0.15, -0.1) is 6.58 Å². The number of allylic oxidation sites excluding steroid dienone is 2. The summed E-state index contributed by atoms with van der Waals surface area (Å²) < 4.78 is 11.8. The Morgan fingerprint density at radius 1 is 1.07 bits per heavy atom. The molecule has 0 N–H and O–H groups in total. The maximum absolute atomic E-state index is 9.68. The highest BCUT2D eigenvalue weighted by molar-refractivity contribution is 5.90. The largest absolute Gasteiger partial charge is 0.493 e. The van der Waals surface area contributed by atoms with Crippen LogP contribution in [0.25, 0.3) is 11.6 Å². The first-order valence-electron chi connectivity index (χ1n) is 9.82. The van der Waals surface area contributed by atoms with Crippen molar-refractivity contribution in [1.29, 1.82) is 5.26 Å². The van der Waals surface area contributed by atoms with E-state index in [4.69, 9.17) is 9.47 Å². The second-order valence-corrected chi connectivity index (χ2v) is 7.01. The van der Waals surface area contributed by atoms with Gasteiger partial charge in [0.1, 0.15) is 6.61 Å². The van der Waals surface area contributed by atoms with Crippen molar-refractivity contribution in [2.45, 2.75) is 20.0 Å². The average molecular weight is 396 g/mol. The van der Waals surface area contributed by atoms with Gasteiger partial charge in [0.2, 0.25) is 0 Å². The van der Waals surface area contributed by atoms with E-state index in [1.54, 1.807) is 7.11 Å². The topological polar surface area (TPSA) is 42.2 Å². The van der Waals surface area contributed by atoms with Crippen LogP contribution < -0.4 is 9.47 Å². The fourth-order valence-corrected chi connectivity index (χ4v) is 3.20. The Morgan fingerprint density at radius 2 is 1.80 bits per heavy atom. The highest BCUT2D eigenvalue weighted by Crippen LogP contribution is 2.35. The molecule has 0 atom stereocenters. The molecule has 3 nitrogen and oxygen atoms in total. The van der Waals surface area contributed by atoms with Gasteiger partial charge in [-0.25, -0.2) is 0 Å². The molecule has 0 aromatic heterocycles. The van der Waals surface area contributed by atoms with Gasteiger partial charge < -0.3 is 9.47 Å². The lowest BCUT2D eigenvalue weighted by molar-refractivity contribution is 0.282. The average Bonchev–Trinajstić information content (AvgIpc) is 2.78. The van der Waals surface area contributed by atoms with Crippen molar-refractivity contribution in [3.63, 3.8) is 0 Å². The molecule has 150 valence electrons. The minimum absolute atomic E-state index is 0.448. The van der Waals surface area contributed by atoms with Crippen molar-refractivity contribution < 1.29 is 9.47 Å². The van der Waals surface area contributed by atoms with Crippen molar-refractivity contribution in [1.82, 2.24) is 0 Å². The van der Waals surface area contributed by atoms with E-state index in [0.717, 1.165) is 27.8 Å². The van der Waals surface area contributed by atoms with Crippen LogP contribution in [-0.4, -0.2) is 7.11 Å². The molecular formula is C27H25NO2. The van der Waals surface area contributed by atoms with Gasteiger partial charge in [-0.3, -0.25) is 0 Å². The standard InChI is InChI=1S/C27H25NO2/c1-4-8-24-15-22(16-25(18-28)23-13-11-20(2)12-14-23)17-26(29-3)27(24)30-19-21-9-6-5-7-10-21/h4-7,9-17H,1,8,19H2,2-3H3/b25-16-. The molecule has 3 heteroatoms. The van der Waals surface area contributed by atoms with Crippen LogP contribution in [0, 0.1) is 18.3 Å². The minimum Gasteiger partial charge on any atom is -0.493 e. The predicted octanol–water partition coefficient (Wildman–Crippen LogP) is 6.38. The Bertz CT molecular complexity index is 1070. The number of ether oxygens (including phenoxy) is 2. The smallest absolute Gasteiger partial charge is 0.165 e. The molecule has 0 amide bonds. The second-order valence-electron chi connectivity index (χ2n) is 7.01. The summed E-state index contributed by atoms with van der Waals surface area (Å²) in [6.45, 7) is 6.35. The normalized spacial score (nSPS) is 10.9. The maximum Gasteiger partial charge on any atom is 0.165 e. The van der Waals surface area contributed by atoms with Crippen LogP contribution in [0.15, 0.2) is 79.4 Å². The quantitative estimate of drug-likeness (QED) is 0.253. The molecule has 0 saturated heterocycles. The SMILES string of the molecule is C=CCc1cc(/C=C(/C#N)c2ccc(C)cc2)cc(OC)c1OCc1ccccc1. The fraction of sp³-hybridized carbons (Fsp3) is 0.148. The molecule has 0 saturated carbocycles. The molecule has 0 aliphatic carbocycles. The van der Waals surface area contributed by atoms with E-state index in [1.165, 1.54) is 0 Å². The van der Waals surface area contributed by atoms with Gasteiger partial charge in [0.05, 0.1) is 18.8 Å². The molecule has 3 aromatic rings. The molecule has 0 spiro atoms. The molecule has 3 aromatic carbocycles. The van der Waals surface area contributed by atoms with E-state index in [2.05, 4.69) is 12.6 Å². The second kappa shape index (κ2) is 10.1. The molecule has 0 aliphatic rings. The lowest BCUT2D eigenvalue weighted by Crippen LogP contribution is -2.01. The van der Waals surface area contributed by atoms with Crippen LogP contribution in [-0.2, 0) is 13.0 Å². The van der Waals surface area contributed by atoms with Crippen molar-refractivity contribution in [3.8, 4) is 17.6 Å². The third-order valence-electron chi connectivity index (χ3n) is 4.76. The number of rotatable bonds is 8. The van der Waals surface area contributed by atoms with Crippen LogP contribution in [0.2, 0.25) is 0 Å². The number of hydrogen-bond acceptors (Lipinski definition) is 3. The van der Waals surface area contributed by atoms with Gasteiger partial charge in [-0.05, 0) is 48.2 Å². The summed E-state index contributed by atoms with van der Waals surface area (Å²) in [5, 5.41) is 9.68. The summed E-state index contributed by atoms with van der Waals surface area (Å²) in [5.41, 5.74) is 5.57. The molecule has 0 heterocycles. The molecule has 0 bridgehead atoms. The lowest BCUT2D eigenvalue weighted by Gasteiger charge is -2.16. The predicted molar refractivity (Wildman–Crippen MR) is 122 cm³/mol. The van der Waals surface area contributed by atoms with Crippen molar-refractivity contribution in [2.24, 2.45) is 0 Å². The van der Waals surface area contributed by atoms with E-state index in [9.17, 15) is 5.26 Å². The van der Waals surface area contributed by atoms with E-state index >= 15 is 0 Å². The zero-order valence-electron chi connectivity index (χ0n) is 17.4. The van der Waals surface area contributed by atoms with Gasteiger partial charge in [0, 0.05) is 5.56 Å². The van der Waals surface area contributed by atoms with Crippen LogP contribution in [0.5, 0.6) is 11.5 Å². The van der Waals surface area contributed by atoms with E-state index in [0.29, 0.717) is 30.1 Å². The van der Waals surface area contributed by atoms with Crippen LogP contribution >= 0.6 is 0 Å². The maximum atomic E-state index is 9.68. The first-order valence-corrected chi connectivity index (χ1v) is 9.82. The third-order valence-corrected chi connectivity index (χ3v) is 4.76. The first kappa shape index (κ1) is 21.0. The third kappa shape index (κ3) is 5.18. The molecule has 0 radical (unpaired) electrons. The van der Waals surface area contributed by atoms with Crippen molar-refractivity contribution >= 4 is 11.6 Å². The van der Waals surface area contributed by atoms with Crippen molar-refractivity contribution in [2.75, 3.05) is 7.11 Å². The number of benzene rings is 3. The fourth-order valence-electron chi connectivity index (χ4n) is 3.20. The summed E-state index contributed by atoms with van der Waals surface area (Å²) >= 11 is 0. The summed E-state index contributed by atoms with van der Waals surface area (Å²) in [5.74, 6) is 1.34. The van der Waals surface area contributed by atoms with E-state index < -0.39 is 0 Å². The Morgan fingerprint density at radius 3 is 2.43 bits per heavy atom. The van der Waals surface area contributed by atoms with Gasteiger partial charge in [-0.1, -0.05) is 66.2 Å². The molecule has 3 rings (SSSR count). The van der Waals surface area contributed by atoms with Gasteiger partial charge >= 0.3 is 0 Å². The molecule has 30 heavy (non-hydrogen) atoms. The van der Waals surface area contributed by atoms with Crippen LogP contribution in [0.4, 0.5) is 0 Å². The highest BCUT2D eigenvalue weighted by Gasteiger charge is 2.13. The summed E-state index contributed by atoms with van der Waals surface area (Å²) in [6.07, 6.45) is 4.35. The van der Waals surface area contributed by atoms with Gasteiger partial charge in [-0.2, -0.15) is 5.26 Å². The van der Waals surface area contributed by atoms with E-state index in [1.807, 2.05) is 85.8 Å². The molecule has 0 unspecified atom stereocenters. The Kier molecular flexibility index (Phi) is 7.08. The van der Waals surface area contributed by atoms with Gasteiger partial charge in [0.15, 0.2) is 11.5 Å². The number of hydrogen-bond donors (Lipinski definition) is 0. The van der Waals surface area contributed by atoms with Gasteiger partial charge in [0.25, 0.3) is 0 Å². The molecular weight excluding hydrogens is 370 g/mol. The molecule has 0 aliphatic heterocycles. The summed E-state index contributed by atoms with van der Waals surface area (Å²) in [4.78, 5) is 0. The number of nitrogens with zero attached hydrogens (tertiary/aromatic N) is 1. The monoisotopic (exact) mass is 395 g/mol. The highest BCUT2D eigenvalue weighted by atomic mass is 16.5. The summed E-state index contributed by atoms with van der Waals surface area (Å²) in [7, 11) is 1.63. The molecule has 0 fully saturated rings. The number of nitriles is 1. The lowest BCUT2D eigenvalue weighted by atomic mass is 10.00. The first-order chi connectivity index (χ1) is 14.6. The Hall–Kier alpha value is -3.77. The number of aryl methyl sites for hydroxylation is 1. The minimum atomic E-state index is 0.448. The number of methoxy groups -OCH3 is 1. The van der Waals surface area contributed by atoms with Crippen LogP contribution in [0.3, 0.4) is 0 Å².